The summed E-state index contributed by atoms with van der Waals surface area (Å²) < 4.78 is 0. The zero-order chi connectivity index (χ0) is 24.3. The Kier molecular flexibility index (Phi) is 24.7. The van der Waals surface area contributed by atoms with Crippen LogP contribution in [0, 0.1) is 5.92 Å². The van der Waals surface area contributed by atoms with Crippen LogP contribution in [0.2, 0.25) is 0 Å². The van der Waals surface area contributed by atoms with Crippen LogP contribution in [0.1, 0.15) is 27.2 Å². The fourth-order valence-corrected chi connectivity index (χ4v) is 0.938. The highest BCUT2D eigenvalue weighted by Crippen LogP contribution is 2.04. The summed E-state index contributed by atoms with van der Waals surface area (Å²) in [5.74, 6) is -3.80. The Balaban J connectivity index is -0.000000147. The van der Waals surface area contributed by atoms with Gasteiger partial charge in [0.05, 0.1) is 12.6 Å². The van der Waals surface area contributed by atoms with Crippen LogP contribution < -0.4 is 22.9 Å². The van der Waals surface area contributed by atoms with Crippen LogP contribution >= 0.6 is 12.6 Å². The van der Waals surface area contributed by atoms with Crippen LogP contribution in [0.5, 0.6) is 0 Å². The fraction of sp³-hybridized carbons (Fsp3) is 0.733. The van der Waals surface area contributed by atoms with Gasteiger partial charge in [-0.2, -0.15) is 12.6 Å². The molecule has 5 atom stereocenters. The molecule has 0 heterocycles. The smallest absolute Gasteiger partial charge is 0.323 e. The SMILES string of the molecule is CC[C@H](C)[C@H](N)C(=O)O.C[C@@H](O)[C@H](N)C(=O)O.NCC(=O)O.N[C@@H](CS)C(=O)O. The summed E-state index contributed by atoms with van der Waals surface area (Å²) in [7, 11) is 0. The lowest BCUT2D eigenvalue weighted by molar-refractivity contribution is -0.141. The van der Waals surface area contributed by atoms with Crippen molar-refractivity contribution < 1.29 is 44.7 Å². The molecule has 14 heteroatoms. The first kappa shape index (κ1) is 34.5. The number of carboxylic acids is 4. The van der Waals surface area contributed by atoms with E-state index >= 15 is 0 Å². The minimum Gasteiger partial charge on any atom is -0.480 e. The van der Waals surface area contributed by atoms with Gasteiger partial charge < -0.3 is 48.5 Å². The summed E-state index contributed by atoms with van der Waals surface area (Å²) in [6.07, 6.45) is -0.166. The van der Waals surface area contributed by atoms with E-state index in [2.05, 4.69) is 18.4 Å². The minimum absolute atomic E-state index is 0.0718. The van der Waals surface area contributed by atoms with E-state index in [-0.39, 0.29) is 18.2 Å². The van der Waals surface area contributed by atoms with Crippen LogP contribution in [-0.2, 0) is 19.2 Å². The molecule has 0 aromatic carbocycles. The number of aliphatic hydroxyl groups excluding tert-OH is 1. The summed E-state index contributed by atoms with van der Waals surface area (Å²) in [4.78, 5) is 39.0. The minimum atomic E-state index is -1.18. The Morgan fingerprint density at radius 3 is 1.24 bits per heavy atom. The van der Waals surface area contributed by atoms with E-state index in [4.69, 9.17) is 42.7 Å². The highest BCUT2D eigenvalue weighted by molar-refractivity contribution is 7.80. The molecule has 0 aromatic heterocycles. The number of nitrogens with two attached hydrogens (primary N) is 4. The second-order valence-corrected chi connectivity index (χ2v) is 5.94. The molecule has 0 fully saturated rings. The lowest BCUT2D eigenvalue weighted by Gasteiger charge is -2.11. The maximum atomic E-state index is 10.2. The van der Waals surface area contributed by atoms with Crippen molar-refractivity contribution in [1.82, 2.24) is 0 Å². The van der Waals surface area contributed by atoms with E-state index in [9.17, 15) is 19.2 Å². The molecule has 0 saturated heterocycles. The van der Waals surface area contributed by atoms with Gasteiger partial charge in [0.2, 0.25) is 0 Å². The van der Waals surface area contributed by atoms with Crippen molar-refractivity contribution in [3.63, 3.8) is 0 Å². The van der Waals surface area contributed by atoms with E-state index in [0.717, 1.165) is 6.42 Å². The van der Waals surface area contributed by atoms with Crippen molar-refractivity contribution in [2.45, 2.75) is 51.4 Å². The molecular formula is C15H34N4O9S. The number of thiol groups is 1. The van der Waals surface area contributed by atoms with Gasteiger partial charge in [0.25, 0.3) is 0 Å². The van der Waals surface area contributed by atoms with Gasteiger partial charge in [-0.3, -0.25) is 19.2 Å². The average molecular weight is 447 g/mol. The van der Waals surface area contributed by atoms with Crippen LogP contribution in [0.15, 0.2) is 0 Å². The second kappa shape index (κ2) is 20.8. The van der Waals surface area contributed by atoms with Crippen molar-refractivity contribution >= 4 is 36.5 Å². The lowest BCUT2D eigenvalue weighted by atomic mass is 10.0. The Bertz CT molecular complexity index is 481. The van der Waals surface area contributed by atoms with E-state index in [1.807, 2.05) is 13.8 Å². The molecule has 0 unspecified atom stereocenters. The molecule has 0 radical (unpaired) electrons. The van der Waals surface area contributed by atoms with Gasteiger partial charge in [-0.15, -0.1) is 0 Å². The van der Waals surface area contributed by atoms with Gasteiger partial charge >= 0.3 is 23.9 Å². The number of rotatable bonds is 8. The monoisotopic (exact) mass is 446 g/mol. The number of hydrogen-bond donors (Lipinski definition) is 10. The molecule has 13 N–H and O–H groups in total. The van der Waals surface area contributed by atoms with E-state index in [0.29, 0.717) is 0 Å². The number of aliphatic hydroxyl groups is 1. The van der Waals surface area contributed by atoms with Crippen molar-refractivity contribution in [2.24, 2.45) is 28.9 Å². The largest absolute Gasteiger partial charge is 0.480 e. The Morgan fingerprint density at radius 1 is 0.862 bits per heavy atom. The third-order valence-corrected chi connectivity index (χ3v) is 3.43. The zero-order valence-corrected chi connectivity index (χ0v) is 17.5. The van der Waals surface area contributed by atoms with Crippen LogP contribution in [0.3, 0.4) is 0 Å². The standard InChI is InChI=1S/C6H13NO2.C4H9NO3.C3H7NO2S.C2H5NO2/c1-3-4(2)5(7)6(8)9;1-2(6)3(5)4(7)8;4-2(1-7)3(5)6;3-1-2(4)5/h4-5H,3,7H2,1-2H3,(H,8,9);2-3,6H,5H2,1H3,(H,7,8);2,7H,1,4H2,(H,5,6);1,3H2,(H,4,5)/t4-,5-;2-,3+;2-;/m010./s1. The highest BCUT2D eigenvalue weighted by Gasteiger charge is 2.17. The summed E-state index contributed by atoms with van der Waals surface area (Å²) in [6, 6.07) is -2.67. The van der Waals surface area contributed by atoms with Gasteiger partial charge in [-0.25, -0.2) is 0 Å². The van der Waals surface area contributed by atoms with Gasteiger partial charge in [-0.1, -0.05) is 20.3 Å². The van der Waals surface area contributed by atoms with Crippen LogP contribution in [-0.4, -0.2) is 85.9 Å². The summed E-state index contributed by atoms with van der Waals surface area (Å²) in [5, 5.41) is 40.5. The molecule has 0 spiro atoms. The Labute approximate surface area is 174 Å². The third kappa shape index (κ3) is 26.0. The number of carbonyl (C=O) groups is 4. The summed E-state index contributed by atoms with van der Waals surface area (Å²) in [5.41, 5.74) is 19.7. The summed E-state index contributed by atoms with van der Waals surface area (Å²) >= 11 is 3.65. The molecule has 0 rings (SSSR count). The normalized spacial score (nSPS) is 14.5. The molecule has 0 bridgehead atoms. The molecule has 0 saturated carbocycles. The van der Waals surface area contributed by atoms with Crippen LogP contribution in [0.4, 0.5) is 0 Å². The third-order valence-electron chi connectivity index (χ3n) is 3.04. The first-order chi connectivity index (χ1) is 13.1. The number of aliphatic carboxylic acids is 4. The second-order valence-electron chi connectivity index (χ2n) is 5.58. The molecule has 0 aliphatic heterocycles. The van der Waals surface area contributed by atoms with Crippen molar-refractivity contribution in [1.29, 1.82) is 0 Å². The topological polar surface area (TPSA) is 274 Å². The number of hydrogen-bond acceptors (Lipinski definition) is 10. The lowest BCUT2D eigenvalue weighted by Crippen LogP contribution is -2.39. The first-order valence-electron chi connectivity index (χ1n) is 8.26. The number of carboxylic acid groups (broad SMARTS) is 4. The molecule has 0 aliphatic carbocycles. The highest BCUT2D eigenvalue weighted by atomic mass is 32.1. The van der Waals surface area contributed by atoms with Crippen molar-refractivity contribution in [2.75, 3.05) is 12.3 Å². The molecule has 0 amide bonds. The predicted molar refractivity (Wildman–Crippen MR) is 109 cm³/mol. The van der Waals surface area contributed by atoms with Gasteiger partial charge in [0.1, 0.15) is 18.1 Å². The zero-order valence-electron chi connectivity index (χ0n) is 16.6. The van der Waals surface area contributed by atoms with E-state index in [1.54, 1.807) is 0 Å². The van der Waals surface area contributed by atoms with E-state index < -0.39 is 48.1 Å². The predicted octanol–water partition coefficient (Wildman–Crippen LogP) is -2.42. The molecular weight excluding hydrogens is 412 g/mol. The van der Waals surface area contributed by atoms with E-state index in [1.165, 1.54) is 6.92 Å². The van der Waals surface area contributed by atoms with Gasteiger partial charge in [0, 0.05) is 5.75 Å². The molecule has 29 heavy (non-hydrogen) atoms. The fourth-order valence-electron chi connectivity index (χ4n) is 0.782. The maximum Gasteiger partial charge on any atom is 0.323 e. The van der Waals surface area contributed by atoms with Crippen molar-refractivity contribution in [3.8, 4) is 0 Å². The van der Waals surface area contributed by atoms with Crippen LogP contribution in [0.25, 0.3) is 0 Å². The summed E-state index contributed by atoms with van der Waals surface area (Å²) in [6.45, 7) is 4.81. The Hall–Kier alpha value is -1.97. The van der Waals surface area contributed by atoms with Gasteiger partial charge in [0.15, 0.2) is 0 Å². The quantitative estimate of drug-likeness (QED) is 0.174. The maximum absolute atomic E-state index is 10.2. The molecule has 0 aliphatic rings. The molecule has 13 nitrogen and oxygen atoms in total. The average Bonchev–Trinajstić information content (AvgIpc) is 2.66. The Morgan fingerprint density at radius 2 is 1.21 bits per heavy atom. The molecule has 0 aromatic rings. The van der Waals surface area contributed by atoms with Crippen molar-refractivity contribution in [3.05, 3.63) is 0 Å². The molecule has 174 valence electrons. The van der Waals surface area contributed by atoms with Gasteiger partial charge in [-0.05, 0) is 12.8 Å². The first-order valence-corrected chi connectivity index (χ1v) is 8.89.